The summed E-state index contributed by atoms with van der Waals surface area (Å²) in [6, 6.07) is 15.7. The average molecular weight is 298 g/mol. The first-order chi connectivity index (χ1) is 10.3. The van der Waals surface area contributed by atoms with Gasteiger partial charge in [-0.2, -0.15) is 0 Å². The first kappa shape index (κ1) is 14.0. The molecule has 0 saturated carbocycles. The number of para-hydroxylation sites is 2. The predicted molar refractivity (Wildman–Crippen MR) is 86.5 cm³/mol. The van der Waals surface area contributed by atoms with Crippen molar-refractivity contribution < 1.29 is 0 Å². The third-order valence-electron chi connectivity index (χ3n) is 3.39. The second-order valence-electron chi connectivity index (χ2n) is 4.80. The molecular weight excluding hydrogens is 282 g/mol. The van der Waals surface area contributed by atoms with Gasteiger partial charge in [-0.3, -0.25) is 4.98 Å². The third-order valence-corrected chi connectivity index (χ3v) is 3.73. The summed E-state index contributed by atoms with van der Waals surface area (Å²) in [6.45, 7) is 2.89. The highest BCUT2D eigenvalue weighted by atomic mass is 35.5. The van der Waals surface area contributed by atoms with Crippen LogP contribution in [0.15, 0.2) is 54.7 Å². The molecule has 0 amide bonds. The Kier molecular flexibility index (Phi) is 4.13. The van der Waals surface area contributed by atoms with Crippen molar-refractivity contribution in [3.05, 3.63) is 71.0 Å². The average Bonchev–Trinajstić information content (AvgIpc) is 2.53. The maximum absolute atomic E-state index is 6.33. The number of hydrogen-bond acceptors (Lipinski definition) is 3. The van der Waals surface area contributed by atoms with Crippen LogP contribution < -0.4 is 5.32 Å². The molecule has 0 aliphatic heterocycles. The second kappa shape index (κ2) is 6.20. The second-order valence-corrected chi connectivity index (χ2v) is 5.20. The lowest BCUT2D eigenvalue weighted by Gasteiger charge is -2.19. The van der Waals surface area contributed by atoms with E-state index < -0.39 is 0 Å². The molecule has 4 heteroatoms. The van der Waals surface area contributed by atoms with Gasteiger partial charge in [-0.1, -0.05) is 48.9 Å². The Morgan fingerprint density at radius 2 is 1.76 bits per heavy atom. The van der Waals surface area contributed by atoms with Crippen molar-refractivity contribution in [2.75, 3.05) is 6.54 Å². The molecule has 2 aromatic carbocycles. The van der Waals surface area contributed by atoms with Gasteiger partial charge in [-0.25, -0.2) is 4.98 Å². The lowest BCUT2D eigenvalue weighted by Crippen LogP contribution is -2.23. The molecule has 1 unspecified atom stereocenters. The summed E-state index contributed by atoms with van der Waals surface area (Å²) < 4.78 is 0. The predicted octanol–water partition coefficient (Wildman–Crippen LogP) is 3.98. The van der Waals surface area contributed by atoms with Crippen LogP contribution in [-0.2, 0) is 0 Å². The fourth-order valence-electron chi connectivity index (χ4n) is 2.40. The number of rotatable bonds is 4. The first-order valence-electron chi connectivity index (χ1n) is 6.99. The molecule has 0 radical (unpaired) electrons. The summed E-state index contributed by atoms with van der Waals surface area (Å²) >= 11 is 6.33. The number of benzene rings is 2. The van der Waals surface area contributed by atoms with Crippen molar-refractivity contribution in [1.82, 2.24) is 15.3 Å². The van der Waals surface area contributed by atoms with Gasteiger partial charge in [0.2, 0.25) is 0 Å². The molecule has 21 heavy (non-hydrogen) atoms. The number of nitrogens with one attached hydrogen (secondary N) is 1. The van der Waals surface area contributed by atoms with Gasteiger partial charge in [0.15, 0.2) is 0 Å². The van der Waals surface area contributed by atoms with E-state index in [9.17, 15) is 0 Å². The maximum atomic E-state index is 6.33. The zero-order valence-corrected chi connectivity index (χ0v) is 12.5. The summed E-state index contributed by atoms with van der Waals surface area (Å²) in [5, 5.41) is 4.17. The van der Waals surface area contributed by atoms with Gasteiger partial charge in [-0.05, 0) is 30.3 Å². The Labute approximate surface area is 129 Å². The highest BCUT2D eigenvalue weighted by Gasteiger charge is 2.17. The van der Waals surface area contributed by atoms with E-state index in [0.717, 1.165) is 33.9 Å². The Balaban J connectivity index is 2.09. The van der Waals surface area contributed by atoms with Crippen molar-refractivity contribution >= 4 is 22.6 Å². The normalized spacial score (nSPS) is 12.5. The molecule has 0 aliphatic rings. The van der Waals surface area contributed by atoms with Gasteiger partial charge in [-0.15, -0.1) is 0 Å². The lowest BCUT2D eigenvalue weighted by molar-refractivity contribution is 0.615. The minimum Gasteiger partial charge on any atom is -0.305 e. The highest BCUT2D eigenvalue weighted by molar-refractivity contribution is 6.31. The largest absolute Gasteiger partial charge is 0.305 e. The molecule has 0 fully saturated rings. The lowest BCUT2D eigenvalue weighted by atomic mass is 10.0. The maximum Gasteiger partial charge on any atom is 0.0890 e. The number of aromatic nitrogens is 2. The van der Waals surface area contributed by atoms with E-state index in [-0.39, 0.29) is 6.04 Å². The summed E-state index contributed by atoms with van der Waals surface area (Å²) in [5.41, 5.74) is 3.69. The molecule has 1 aromatic heterocycles. The van der Waals surface area contributed by atoms with Crippen LogP contribution in [0.4, 0.5) is 0 Å². The van der Waals surface area contributed by atoms with E-state index in [1.165, 1.54) is 0 Å². The van der Waals surface area contributed by atoms with Crippen LogP contribution in [0.1, 0.15) is 24.2 Å². The molecule has 0 aliphatic carbocycles. The van der Waals surface area contributed by atoms with Crippen molar-refractivity contribution in [2.24, 2.45) is 0 Å². The van der Waals surface area contributed by atoms with Crippen LogP contribution in [0.5, 0.6) is 0 Å². The van der Waals surface area contributed by atoms with E-state index in [4.69, 9.17) is 16.6 Å². The fourth-order valence-corrected chi connectivity index (χ4v) is 2.64. The van der Waals surface area contributed by atoms with E-state index in [0.29, 0.717) is 0 Å². The molecule has 3 nitrogen and oxygen atoms in total. The molecule has 3 aromatic rings. The van der Waals surface area contributed by atoms with Crippen molar-refractivity contribution in [2.45, 2.75) is 13.0 Å². The number of fused-ring (bicyclic) bond motifs is 1. The van der Waals surface area contributed by atoms with Gasteiger partial charge >= 0.3 is 0 Å². The zero-order chi connectivity index (χ0) is 14.7. The molecule has 106 valence electrons. The van der Waals surface area contributed by atoms with Crippen LogP contribution in [0.2, 0.25) is 5.02 Å². The van der Waals surface area contributed by atoms with Crippen molar-refractivity contribution in [3.63, 3.8) is 0 Å². The summed E-state index contributed by atoms with van der Waals surface area (Å²) in [7, 11) is 0. The Morgan fingerprint density at radius 3 is 2.52 bits per heavy atom. The van der Waals surface area contributed by atoms with Crippen LogP contribution in [0.3, 0.4) is 0 Å². The molecular formula is C17H16ClN3. The molecule has 1 atom stereocenters. The van der Waals surface area contributed by atoms with Crippen LogP contribution >= 0.6 is 11.6 Å². The quantitative estimate of drug-likeness (QED) is 0.791. The highest BCUT2D eigenvalue weighted by Crippen LogP contribution is 2.27. The third kappa shape index (κ3) is 2.89. The number of hydrogen-bond donors (Lipinski definition) is 1. The van der Waals surface area contributed by atoms with E-state index in [1.807, 2.05) is 54.7 Å². The summed E-state index contributed by atoms with van der Waals surface area (Å²) in [4.78, 5) is 9.22. The smallest absolute Gasteiger partial charge is 0.0890 e. The summed E-state index contributed by atoms with van der Waals surface area (Å²) in [5.74, 6) is 0. The van der Waals surface area contributed by atoms with Gasteiger partial charge in [0.05, 0.1) is 29.0 Å². The molecule has 1 heterocycles. The number of nitrogens with zero attached hydrogens (tertiary/aromatic N) is 2. The SMILES string of the molecule is CCNC(c1cnc2ccccc2n1)c1ccccc1Cl. The molecule has 1 N–H and O–H groups in total. The van der Waals surface area contributed by atoms with Crippen molar-refractivity contribution in [1.29, 1.82) is 0 Å². The van der Waals surface area contributed by atoms with Gasteiger partial charge in [0, 0.05) is 5.02 Å². The topological polar surface area (TPSA) is 37.8 Å². The minimum atomic E-state index is -0.0548. The van der Waals surface area contributed by atoms with Gasteiger partial charge in [0.25, 0.3) is 0 Å². The van der Waals surface area contributed by atoms with Gasteiger partial charge < -0.3 is 5.32 Å². The fraction of sp³-hybridized carbons (Fsp3) is 0.176. The Hall–Kier alpha value is -1.97. The standard InChI is InChI=1S/C17H16ClN3/c1-2-19-17(12-7-3-4-8-13(12)18)16-11-20-14-9-5-6-10-15(14)21-16/h3-11,17,19H,2H2,1H3. The summed E-state index contributed by atoms with van der Waals surface area (Å²) in [6.07, 6.45) is 1.82. The zero-order valence-electron chi connectivity index (χ0n) is 11.8. The van der Waals surface area contributed by atoms with Crippen LogP contribution in [-0.4, -0.2) is 16.5 Å². The molecule has 0 saturated heterocycles. The minimum absolute atomic E-state index is 0.0548. The van der Waals surface area contributed by atoms with E-state index >= 15 is 0 Å². The molecule has 3 rings (SSSR count). The Bertz CT molecular complexity index is 758. The monoisotopic (exact) mass is 297 g/mol. The first-order valence-corrected chi connectivity index (χ1v) is 7.37. The van der Waals surface area contributed by atoms with Gasteiger partial charge in [0.1, 0.15) is 0 Å². The van der Waals surface area contributed by atoms with Crippen LogP contribution in [0.25, 0.3) is 11.0 Å². The van der Waals surface area contributed by atoms with E-state index in [2.05, 4.69) is 17.2 Å². The van der Waals surface area contributed by atoms with E-state index in [1.54, 1.807) is 0 Å². The number of halogens is 1. The Morgan fingerprint density at radius 1 is 1.05 bits per heavy atom. The molecule has 0 bridgehead atoms. The molecule has 0 spiro atoms. The van der Waals surface area contributed by atoms with Crippen molar-refractivity contribution in [3.8, 4) is 0 Å². The van der Waals surface area contributed by atoms with Crippen LogP contribution in [0, 0.1) is 0 Å².